The molecule has 2 N–H and O–H groups in total. The van der Waals surface area contributed by atoms with Gasteiger partial charge < -0.3 is 15.4 Å². The lowest BCUT2D eigenvalue weighted by Gasteiger charge is -2.22. The van der Waals surface area contributed by atoms with E-state index in [0.29, 0.717) is 6.54 Å². The van der Waals surface area contributed by atoms with E-state index in [2.05, 4.69) is 10.6 Å². The lowest BCUT2D eigenvalue weighted by Crippen LogP contribution is -2.44. The first kappa shape index (κ1) is 19.7. The zero-order valence-corrected chi connectivity index (χ0v) is 14.7. The molecule has 0 saturated carbocycles. The first-order valence-electron chi connectivity index (χ1n) is 7.30. The number of amides is 1. The summed E-state index contributed by atoms with van der Waals surface area (Å²) in [6.45, 7) is 4.09. The van der Waals surface area contributed by atoms with Crippen LogP contribution in [-0.2, 0) is 11.3 Å². The zero-order chi connectivity index (χ0) is 17.5. The van der Waals surface area contributed by atoms with Crippen LogP contribution < -0.4 is 10.6 Å². The van der Waals surface area contributed by atoms with Gasteiger partial charge >= 0.3 is 6.09 Å². The van der Waals surface area contributed by atoms with Gasteiger partial charge in [0.05, 0.1) is 13.1 Å². The minimum absolute atomic E-state index is 0.344. The highest BCUT2D eigenvalue weighted by Gasteiger charge is 2.30. The second-order valence-corrected chi connectivity index (χ2v) is 7.04. The van der Waals surface area contributed by atoms with Gasteiger partial charge in [0.25, 0.3) is 5.92 Å². The average Bonchev–Trinajstić information content (AvgIpc) is 2.44. The monoisotopic (exact) mass is 346 g/mol. The second-order valence-electron chi connectivity index (χ2n) is 6.16. The Morgan fingerprint density at radius 1 is 1.17 bits per heavy atom. The van der Waals surface area contributed by atoms with Gasteiger partial charge in [-0.2, -0.15) is 0 Å². The molecule has 1 rings (SSSR count). The largest absolute Gasteiger partial charge is 0.444 e. The number of carbonyl (C=O) groups is 1. The molecule has 0 saturated heterocycles. The van der Waals surface area contributed by atoms with Gasteiger partial charge in [-0.1, -0.05) is 12.1 Å². The molecule has 0 spiro atoms. The van der Waals surface area contributed by atoms with Crippen LogP contribution in [0.4, 0.5) is 13.6 Å². The molecule has 0 atom stereocenters. The van der Waals surface area contributed by atoms with Gasteiger partial charge in [-0.3, -0.25) is 0 Å². The van der Waals surface area contributed by atoms with Crippen molar-refractivity contribution in [3.63, 3.8) is 0 Å². The first-order valence-corrected chi connectivity index (χ1v) is 8.52. The summed E-state index contributed by atoms with van der Waals surface area (Å²) in [7, 11) is 0. The summed E-state index contributed by atoms with van der Waals surface area (Å²) < 4.78 is 32.3. The number of carbonyl (C=O) groups excluding carboxylic acids is 1. The second kappa shape index (κ2) is 8.49. The highest BCUT2D eigenvalue weighted by molar-refractivity contribution is 7.98. The summed E-state index contributed by atoms with van der Waals surface area (Å²) in [5, 5.41) is 4.79. The van der Waals surface area contributed by atoms with Crippen molar-refractivity contribution in [2.45, 2.75) is 43.7 Å². The molecular weight excluding hydrogens is 322 g/mol. The molecule has 0 radical (unpaired) electrons. The van der Waals surface area contributed by atoms with Crippen LogP contribution >= 0.6 is 11.8 Å². The number of alkyl halides is 2. The number of thioether (sulfide) groups is 1. The van der Waals surface area contributed by atoms with E-state index in [-0.39, 0.29) is 0 Å². The summed E-state index contributed by atoms with van der Waals surface area (Å²) in [6.07, 6.45) is 1.13. The van der Waals surface area contributed by atoms with E-state index in [1.165, 1.54) is 0 Å². The fraction of sp³-hybridized carbons (Fsp3) is 0.562. The van der Waals surface area contributed by atoms with Crippen LogP contribution in [0.3, 0.4) is 0 Å². The molecule has 0 bridgehead atoms. The molecule has 1 amide bonds. The molecule has 0 aromatic heterocycles. The third-order valence-corrected chi connectivity index (χ3v) is 3.51. The Morgan fingerprint density at radius 2 is 1.78 bits per heavy atom. The van der Waals surface area contributed by atoms with Crippen molar-refractivity contribution >= 4 is 17.9 Å². The van der Waals surface area contributed by atoms with Gasteiger partial charge in [0.1, 0.15) is 5.60 Å². The minimum Gasteiger partial charge on any atom is -0.444 e. The Kier molecular flexibility index (Phi) is 7.28. The van der Waals surface area contributed by atoms with Gasteiger partial charge in [0, 0.05) is 11.4 Å². The molecule has 1 aromatic carbocycles. The molecular formula is C16H24F2N2O2S. The summed E-state index contributed by atoms with van der Waals surface area (Å²) in [5.41, 5.74) is 0.222. The van der Waals surface area contributed by atoms with Crippen LogP contribution in [0, 0.1) is 0 Å². The Labute approximate surface area is 140 Å². The highest BCUT2D eigenvalue weighted by atomic mass is 32.2. The molecule has 4 nitrogen and oxygen atoms in total. The Bertz CT molecular complexity index is 502. The van der Waals surface area contributed by atoms with E-state index in [4.69, 9.17) is 4.74 Å². The zero-order valence-electron chi connectivity index (χ0n) is 13.9. The highest BCUT2D eigenvalue weighted by Crippen LogP contribution is 2.15. The number of nitrogens with one attached hydrogen (secondary N) is 2. The van der Waals surface area contributed by atoms with Gasteiger partial charge in [-0.05, 0) is 44.7 Å². The van der Waals surface area contributed by atoms with E-state index in [1.807, 2.05) is 30.5 Å². The topological polar surface area (TPSA) is 50.4 Å². The van der Waals surface area contributed by atoms with Gasteiger partial charge in [0.2, 0.25) is 0 Å². The molecule has 0 aliphatic carbocycles. The third kappa shape index (κ3) is 8.76. The van der Waals surface area contributed by atoms with Crippen LogP contribution in [0.1, 0.15) is 26.3 Å². The molecule has 0 heterocycles. The number of halogens is 2. The normalized spacial score (nSPS) is 12.1. The maximum Gasteiger partial charge on any atom is 0.407 e. The SMILES string of the molecule is CSc1ccc(CNCC(F)(F)CNC(=O)OC(C)(C)C)cc1. The lowest BCUT2D eigenvalue weighted by molar-refractivity contribution is -0.00376. The lowest BCUT2D eigenvalue weighted by atomic mass is 10.2. The summed E-state index contributed by atoms with van der Waals surface area (Å²) in [5.74, 6) is -3.05. The van der Waals surface area contributed by atoms with Crippen molar-refractivity contribution in [2.75, 3.05) is 19.3 Å². The number of benzene rings is 1. The molecule has 23 heavy (non-hydrogen) atoms. The van der Waals surface area contributed by atoms with Crippen molar-refractivity contribution in [1.29, 1.82) is 0 Å². The van der Waals surface area contributed by atoms with E-state index in [1.54, 1.807) is 32.5 Å². The van der Waals surface area contributed by atoms with Crippen LogP contribution in [0.2, 0.25) is 0 Å². The Balaban J connectivity index is 2.32. The number of alkyl carbamates (subject to hydrolysis) is 1. The Hall–Kier alpha value is -1.34. The van der Waals surface area contributed by atoms with Gasteiger partial charge in [-0.25, -0.2) is 13.6 Å². The van der Waals surface area contributed by atoms with Crippen LogP contribution in [0.5, 0.6) is 0 Å². The molecule has 0 aliphatic rings. The van der Waals surface area contributed by atoms with E-state index >= 15 is 0 Å². The predicted octanol–water partition coefficient (Wildman–Crippen LogP) is 3.66. The fourth-order valence-corrected chi connectivity index (χ4v) is 2.12. The van der Waals surface area contributed by atoms with Crippen LogP contribution in [0.25, 0.3) is 0 Å². The molecule has 0 unspecified atom stereocenters. The molecule has 1 aromatic rings. The van der Waals surface area contributed by atoms with Gasteiger partial charge in [0.15, 0.2) is 0 Å². The maximum absolute atomic E-state index is 13.7. The minimum atomic E-state index is -3.05. The van der Waals surface area contributed by atoms with Crippen molar-refractivity contribution in [3.8, 4) is 0 Å². The molecule has 7 heteroatoms. The number of hydrogen-bond donors (Lipinski definition) is 2. The fourth-order valence-electron chi connectivity index (χ4n) is 1.71. The van der Waals surface area contributed by atoms with Crippen molar-refractivity contribution in [2.24, 2.45) is 0 Å². The number of ether oxygens (including phenoxy) is 1. The smallest absolute Gasteiger partial charge is 0.407 e. The van der Waals surface area contributed by atoms with Crippen molar-refractivity contribution in [1.82, 2.24) is 10.6 Å². The standard InChI is InChI=1S/C16H24F2N2O2S/c1-15(2,3)22-14(21)20-11-16(17,18)10-19-9-12-5-7-13(23-4)8-6-12/h5-8,19H,9-11H2,1-4H3,(H,20,21). The van der Waals surface area contributed by atoms with Crippen LogP contribution in [-0.4, -0.2) is 37.0 Å². The number of rotatable bonds is 7. The first-order chi connectivity index (χ1) is 10.6. The van der Waals surface area contributed by atoms with E-state index in [0.717, 1.165) is 10.5 Å². The average molecular weight is 346 g/mol. The summed E-state index contributed by atoms with van der Waals surface area (Å²) in [4.78, 5) is 12.5. The van der Waals surface area contributed by atoms with Crippen LogP contribution in [0.15, 0.2) is 29.2 Å². The molecule has 0 fully saturated rings. The third-order valence-electron chi connectivity index (χ3n) is 2.76. The predicted molar refractivity (Wildman–Crippen MR) is 89.1 cm³/mol. The number of hydrogen-bond acceptors (Lipinski definition) is 4. The summed E-state index contributed by atoms with van der Waals surface area (Å²) >= 11 is 1.63. The molecule has 130 valence electrons. The van der Waals surface area contributed by atoms with E-state index in [9.17, 15) is 13.6 Å². The summed E-state index contributed by atoms with van der Waals surface area (Å²) in [6, 6.07) is 7.69. The quantitative estimate of drug-likeness (QED) is 0.740. The van der Waals surface area contributed by atoms with Crippen molar-refractivity contribution < 1.29 is 18.3 Å². The maximum atomic E-state index is 13.7. The van der Waals surface area contributed by atoms with Crippen molar-refractivity contribution in [3.05, 3.63) is 29.8 Å². The van der Waals surface area contributed by atoms with Gasteiger partial charge in [-0.15, -0.1) is 11.8 Å². The van der Waals surface area contributed by atoms with E-state index < -0.39 is 30.7 Å². The Morgan fingerprint density at radius 3 is 2.30 bits per heavy atom. The molecule has 0 aliphatic heterocycles.